The number of aryl methyl sites for hydroxylation is 1. The Bertz CT molecular complexity index is 868. The summed E-state index contributed by atoms with van der Waals surface area (Å²) in [4.78, 5) is 26.7. The fraction of sp³-hybridized carbons (Fsp3) is 0.125. The molecule has 7 heteroatoms. The van der Waals surface area contributed by atoms with Crippen LogP contribution in [0.2, 0.25) is 0 Å². The molecule has 116 valence electrons. The first kappa shape index (κ1) is 14.7. The summed E-state index contributed by atoms with van der Waals surface area (Å²) in [6, 6.07) is 9.74. The number of aromatic nitrogens is 2. The van der Waals surface area contributed by atoms with Crippen LogP contribution in [0.1, 0.15) is 21.6 Å². The van der Waals surface area contributed by atoms with Crippen LogP contribution in [0, 0.1) is 17.0 Å². The maximum Gasteiger partial charge on any atom is 0.338 e. The number of pyridine rings is 1. The molecule has 2 aromatic heterocycles. The highest BCUT2D eigenvalue weighted by atomic mass is 16.6. The highest BCUT2D eigenvalue weighted by molar-refractivity contribution is 5.90. The first-order chi connectivity index (χ1) is 11.0. The first-order valence-electron chi connectivity index (χ1n) is 6.89. The largest absolute Gasteiger partial charge is 0.456 e. The van der Waals surface area contributed by atoms with E-state index in [9.17, 15) is 14.9 Å². The molecule has 1 aromatic carbocycles. The maximum absolute atomic E-state index is 12.0. The van der Waals surface area contributed by atoms with Gasteiger partial charge in [0.15, 0.2) is 0 Å². The van der Waals surface area contributed by atoms with Crippen LogP contribution in [0.25, 0.3) is 5.65 Å². The molecule has 3 rings (SSSR count). The number of rotatable bonds is 4. The Kier molecular flexibility index (Phi) is 3.76. The monoisotopic (exact) mass is 311 g/mol. The average molecular weight is 311 g/mol. The molecule has 0 N–H and O–H groups in total. The molecule has 0 saturated heterocycles. The summed E-state index contributed by atoms with van der Waals surface area (Å²) in [6.45, 7) is 1.62. The topological polar surface area (TPSA) is 86.7 Å². The minimum Gasteiger partial charge on any atom is -0.456 e. The molecule has 0 spiro atoms. The number of esters is 1. The lowest BCUT2D eigenvalue weighted by atomic mass is 10.1. The van der Waals surface area contributed by atoms with Crippen molar-refractivity contribution in [2.75, 3.05) is 0 Å². The van der Waals surface area contributed by atoms with Gasteiger partial charge in [0.1, 0.15) is 12.3 Å². The van der Waals surface area contributed by atoms with Crippen molar-refractivity contribution in [3.8, 4) is 0 Å². The normalized spacial score (nSPS) is 10.7. The number of fused-ring (bicyclic) bond motifs is 1. The number of hydrogen-bond acceptors (Lipinski definition) is 5. The highest BCUT2D eigenvalue weighted by Crippen LogP contribution is 2.19. The van der Waals surface area contributed by atoms with Crippen molar-refractivity contribution in [1.29, 1.82) is 0 Å². The number of nitro benzene ring substituents is 1. The Morgan fingerprint density at radius 1 is 1.35 bits per heavy atom. The van der Waals surface area contributed by atoms with E-state index in [1.54, 1.807) is 13.1 Å². The van der Waals surface area contributed by atoms with Crippen molar-refractivity contribution >= 4 is 17.3 Å². The Morgan fingerprint density at radius 2 is 2.17 bits per heavy atom. The molecule has 0 unspecified atom stereocenters. The standard InChI is InChI=1S/C16H13N3O4/c1-11-8-12(5-6-14(11)19(21)22)16(20)23-10-13-9-18-7-3-2-4-15(18)17-13/h2-9H,10H2,1H3. The van der Waals surface area contributed by atoms with Crippen molar-refractivity contribution in [3.63, 3.8) is 0 Å². The number of hydrogen-bond donors (Lipinski definition) is 0. The van der Waals surface area contributed by atoms with E-state index in [-0.39, 0.29) is 17.9 Å². The van der Waals surface area contributed by atoms with Gasteiger partial charge in [-0.1, -0.05) is 6.07 Å². The third-order valence-electron chi connectivity index (χ3n) is 3.39. The summed E-state index contributed by atoms with van der Waals surface area (Å²) in [5.74, 6) is -0.542. The molecule has 2 heterocycles. The number of carbonyl (C=O) groups is 1. The quantitative estimate of drug-likeness (QED) is 0.420. The minimum atomic E-state index is -0.542. The zero-order valence-electron chi connectivity index (χ0n) is 12.3. The number of nitro groups is 1. The summed E-state index contributed by atoms with van der Waals surface area (Å²) in [6.07, 6.45) is 3.64. The van der Waals surface area contributed by atoms with Crippen LogP contribution in [-0.4, -0.2) is 20.3 Å². The van der Waals surface area contributed by atoms with Crippen LogP contribution in [0.3, 0.4) is 0 Å². The molecule has 0 radical (unpaired) electrons. The van der Waals surface area contributed by atoms with Gasteiger partial charge < -0.3 is 9.14 Å². The highest BCUT2D eigenvalue weighted by Gasteiger charge is 2.15. The molecule has 0 aliphatic carbocycles. The summed E-state index contributed by atoms with van der Waals surface area (Å²) in [5, 5.41) is 10.8. The van der Waals surface area contributed by atoms with Crippen molar-refractivity contribution < 1.29 is 14.5 Å². The second-order valence-electron chi connectivity index (χ2n) is 5.03. The summed E-state index contributed by atoms with van der Waals surface area (Å²) in [5.41, 5.74) is 2.06. The predicted octanol–water partition coefficient (Wildman–Crippen LogP) is 2.91. The summed E-state index contributed by atoms with van der Waals surface area (Å²) >= 11 is 0. The van der Waals surface area contributed by atoms with Gasteiger partial charge >= 0.3 is 5.97 Å². The lowest BCUT2D eigenvalue weighted by Gasteiger charge is -2.04. The molecular weight excluding hydrogens is 298 g/mol. The number of ether oxygens (including phenoxy) is 1. The van der Waals surface area contributed by atoms with Crippen LogP contribution in [0.5, 0.6) is 0 Å². The molecule has 23 heavy (non-hydrogen) atoms. The van der Waals surface area contributed by atoms with Gasteiger partial charge in [-0.05, 0) is 31.2 Å². The van der Waals surface area contributed by atoms with E-state index >= 15 is 0 Å². The van der Waals surface area contributed by atoms with Gasteiger partial charge in [0.05, 0.1) is 16.2 Å². The predicted molar refractivity (Wildman–Crippen MR) is 82.1 cm³/mol. The van der Waals surface area contributed by atoms with Crippen LogP contribution >= 0.6 is 0 Å². The molecular formula is C16H13N3O4. The van der Waals surface area contributed by atoms with Gasteiger partial charge in [0.2, 0.25) is 0 Å². The lowest BCUT2D eigenvalue weighted by Crippen LogP contribution is -2.06. The number of nitrogens with zero attached hydrogens (tertiary/aromatic N) is 3. The van der Waals surface area contributed by atoms with E-state index in [0.29, 0.717) is 11.3 Å². The van der Waals surface area contributed by atoms with Gasteiger partial charge in [-0.25, -0.2) is 9.78 Å². The Labute approximate surface area is 131 Å². The SMILES string of the molecule is Cc1cc(C(=O)OCc2cn3ccccc3n2)ccc1[N+](=O)[O-]. The molecule has 7 nitrogen and oxygen atoms in total. The Morgan fingerprint density at radius 3 is 2.87 bits per heavy atom. The first-order valence-corrected chi connectivity index (χ1v) is 6.89. The van der Waals surface area contributed by atoms with Gasteiger partial charge in [0, 0.05) is 24.0 Å². The third kappa shape index (κ3) is 3.03. The zero-order chi connectivity index (χ0) is 16.4. The average Bonchev–Trinajstić information content (AvgIpc) is 2.95. The molecule has 0 bridgehead atoms. The van der Waals surface area contributed by atoms with E-state index in [1.165, 1.54) is 18.2 Å². The summed E-state index contributed by atoms with van der Waals surface area (Å²) < 4.78 is 7.05. The van der Waals surface area contributed by atoms with E-state index in [1.807, 2.05) is 28.8 Å². The molecule has 0 fully saturated rings. The van der Waals surface area contributed by atoms with Crippen LogP contribution in [0.15, 0.2) is 48.8 Å². The Balaban J connectivity index is 1.71. The van der Waals surface area contributed by atoms with Crippen LogP contribution in [0.4, 0.5) is 5.69 Å². The molecule has 0 aliphatic heterocycles. The van der Waals surface area contributed by atoms with E-state index in [4.69, 9.17) is 4.74 Å². The molecule has 3 aromatic rings. The lowest BCUT2D eigenvalue weighted by molar-refractivity contribution is -0.385. The van der Waals surface area contributed by atoms with E-state index in [0.717, 1.165) is 5.65 Å². The second-order valence-corrected chi connectivity index (χ2v) is 5.03. The molecule has 0 saturated carbocycles. The maximum atomic E-state index is 12.0. The van der Waals surface area contributed by atoms with E-state index in [2.05, 4.69) is 4.98 Å². The fourth-order valence-electron chi connectivity index (χ4n) is 2.27. The third-order valence-corrected chi connectivity index (χ3v) is 3.39. The number of carbonyl (C=O) groups excluding carboxylic acids is 1. The van der Waals surface area contributed by atoms with Crippen LogP contribution < -0.4 is 0 Å². The van der Waals surface area contributed by atoms with Crippen molar-refractivity contribution in [2.24, 2.45) is 0 Å². The minimum absolute atomic E-state index is 0.0260. The van der Waals surface area contributed by atoms with Crippen molar-refractivity contribution in [3.05, 3.63) is 75.7 Å². The smallest absolute Gasteiger partial charge is 0.338 e. The number of imidazole rings is 1. The van der Waals surface area contributed by atoms with Gasteiger partial charge in [-0.3, -0.25) is 10.1 Å². The summed E-state index contributed by atoms with van der Waals surface area (Å²) in [7, 11) is 0. The number of benzene rings is 1. The van der Waals surface area contributed by atoms with Gasteiger partial charge in [0.25, 0.3) is 5.69 Å². The van der Waals surface area contributed by atoms with Gasteiger partial charge in [-0.2, -0.15) is 0 Å². The Hall–Kier alpha value is -3.22. The van der Waals surface area contributed by atoms with Crippen LogP contribution in [-0.2, 0) is 11.3 Å². The van der Waals surface area contributed by atoms with Crippen molar-refractivity contribution in [2.45, 2.75) is 13.5 Å². The molecule has 0 amide bonds. The second kappa shape index (κ2) is 5.88. The zero-order valence-corrected chi connectivity index (χ0v) is 12.3. The molecule has 0 aliphatic rings. The molecule has 0 atom stereocenters. The van der Waals surface area contributed by atoms with E-state index < -0.39 is 10.9 Å². The van der Waals surface area contributed by atoms with Crippen molar-refractivity contribution in [1.82, 2.24) is 9.38 Å². The fourth-order valence-corrected chi connectivity index (χ4v) is 2.27. The van der Waals surface area contributed by atoms with Gasteiger partial charge in [-0.15, -0.1) is 0 Å².